The van der Waals surface area contributed by atoms with Crippen molar-refractivity contribution in [1.82, 2.24) is 4.98 Å². The van der Waals surface area contributed by atoms with Crippen LogP contribution in [0, 0.1) is 13.8 Å². The molecular weight excluding hydrogens is 328 g/mol. The van der Waals surface area contributed by atoms with E-state index in [1.165, 1.54) is 11.3 Å². The van der Waals surface area contributed by atoms with E-state index in [0.717, 1.165) is 27.4 Å². The summed E-state index contributed by atoms with van der Waals surface area (Å²) >= 11 is 3.04. The summed E-state index contributed by atoms with van der Waals surface area (Å²) in [7, 11) is 0. The van der Waals surface area contributed by atoms with Gasteiger partial charge in [0.2, 0.25) is 0 Å². The summed E-state index contributed by atoms with van der Waals surface area (Å²) in [6, 6.07) is 9.90. The largest absolute Gasteiger partial charge is 0.483 e. The summed E-state index contributed by atoms with van der Waals surface area (Å²) in [5.41, 5.74) is 2.93. The van der Waals surface area contributed by atoms with Crippen LogP contribution in [0.5, 0.6) is 5.75 Å². The number of hydrogen-bond donors (Lipinski definition) is 1. The molecule has 23 heavy (non-hydrogen) atoms. The molecule has 0 bridgehead atoms. The Balaban J connectivity index is 1.60. The first-order chi connectivity index (χ1) is 11.1. The fourth-order valence-electron chi connectivity index (χ4n) is 2.19. The third-order valence-corrected chi connectivity index (χ3v) is 4.93. The molecule has 0 aliphatic carbocycles. The molecule has 3 rings (SSSR count). The lowest BCUT2D eigenvalue weighted by Gasteiger charge is -2.11. The molecule has 3 aromatic rings. The zero-order chi connectivity index (χ0) is 16.2. The van der Waals surface area contributed by atoms with Crippen molar-refractivity contribution in [2.24, 2.45) is 0 Å². The summed E-state index contributed by atoms with van der Waals surface area (Å²) < 4.78 is 5.65. The number of anilines is 1. The summed E-state index contributed by atoms with van der Waals surface area (Å²) in [6.45, 7) is 3.91. The number of rotatable bonds is 5. The highest BCUT2D eigenvalue weighted by atomic mass is 32.1. The van der Waals surface area contributed by atoms with Crippen molar-refractivity contribution in [3.8, 4) is 16.3 Å². The Bertz CT molecular complexity index is 790. The normalized spacial score (nSPS) is 10.5. The molecule has 0 atom stereocenters. The van der Waals surface area contributed by atoms with Gasteiger partial charge in [-0.15, -0.1) is 22.7 Å². The summed E-state index contributed by atoms with van der Waals surface area (Å²) in [5.74, 6) is 0.556. The number of thiophene rings is 1. The number of benzene rings is 1. The van der Waals surface area contributed by atoms with E-state index in [4.69, 9.17) is 4.74 Å². The zero-order valence-electron chi connectivity index (χ0n) is 12.8. The van der Waals surface area contributed by atoms with Crippen LogP contribution in [0.15, 0.2) is 41.1 Å². The molecule has 0 fully saturated rings. The number of ether oxygens (including phenoxy) is 1. The van der Waals surface area contributed by atoms with Crippen molar-refractivity contribution in [1.29, 1.82) is 0 Å². The molecule has 2 aromatic heterocycles. The summed E-state index contributed by atoms with van der Waals surface area (Å²) in [5, 5.41) is 7.31. The van der Waals surface area contributed by atoms with Gasteiger partial charge in [-0.2, -0.15) is 0 Å². The van der Waals surface area contributed by atoms with Crippen molar-refractivity contribution in [3.05, 3.63) is 52.2 Å². The second-order valence-electron chi connectivity index (χ2n) is 5.07. The molecule has 6 heteroatoms. The van der Waals surface area contributed by atoms with E-state index < -0.39 is 0 Å². The minimum Gasteiger partial charge on any atom is -0.483 e. The quantitative estimate of drug-likeness (QED) is 0.741. The number of nitrogens with zero attached hydrogens (tertiary/aromatic N) is 1. The first-order valence-corrected chi connectivity index (χ1v) is 8.87. The number of para-hydroxylation sites is 1. The number of aryl methyl sites for hydroxylation is 2. The molecule has 4 nitrogen and oxygen atoms in total. The first kappa shape index (κ1) is 15.7. The van der Waals surface area contributed by atoms with Crippen molar-refractivity contribution in [2.75, 3.05) is 11.9 Å². The van der Waals surface area contributed by atoms with Crippen LogP contribution >= 0.6 is 22.7 Å². The molecule has 118 valence electrons. The number of aromatic nitrogens is 1. The highest BCUT2D eigenvalue weighted by Gasteiger charge is 2.10. The Hall–Kier alpha value is -2.18. The average molecular weight is 344 g/mol. The molecule has 0 radical (unpaired) electrons. The molecule has 0 saturated heterocycles. The number of nitrogens with one attached hydrogen (secondary N) is 1. The number of carbonyl (C=O) groups excluding carboxylic acids is 1. The standard InChI is InChI=1S/C17H16N2O2S2/c1-11-5-3-6-12(2)16(11)21-9-15(20)19-17-18-13(10-23-17)14-7-4-8-22-14/h3-8,10H,9H2,1-2H3,(H,18,19,20). The Kier molecular flexibility index (Phi) is 4.73. The van der Waals surface area contributed by atoms with E-state index in [9.17, 15) is 4.79 Å². The van der Waals surface area contributed by atoms with Crippen molar-refractivity contribution < 1.29 is 9.53 Å². The van der Waals surface area contributed by atoms with Crippen molar-refractivity contribution in [3.63, 3.8) is 0 Å². The van der Waals surface area contributed by atoms with Crippen LogP contribution in [0.25, 0.3) is 10.6 Å². The van der Waals surface area contributed by atoms with Crippen LogP contribution in [-0.2, 0) is 4.79 Å². The van der Waals surface area contributed by atoms with E-state index in [1.54, 1.807) is 11.3 Å². The minimum atomic E-state index is -0.209. The van der Waals surface area contributed by atoms with Crippen LogP contribution in [0.2, 0.25) is 0 Å². The fourth-order valence-corrected chi connectivity index (χ4v) is 3.68. The molecular formula is C17H16N2O2S2. The van der Waals surface area contributed by atoms with Gasteiger partial charge in [0.25, 0.3) is 5.91 Å². The predicted molar refractivity (Wildman–Crippen MR) is 95.5 cm³/mol. The van der Waals surface area contributed by atoms with Gasteiger partial charge in [0.15, 0.2) is 11.7 Å². The molecule has 1 aromatic carbocycles. The van der Waals surface area contributed by atoms with E-state index >= 15 is 0 Å². The van der Waals surface area contributed by atoms with E-state index in [2.05, 4.69) is 10.3 Å². The van der Waals surface area contributed by atoms with Crippen LogP contribution in [0.3, 0.4) is 0 Å². The van der Waals surface area contributed by atoms with E-state index in [1.807, 2.05) is 54.9 Å². The molecule has 0 aliphatic heterocycles. The number of amides is 1. The van der Waals surface area contributed by atoms with Crippen LogP contribution in [0.4, 0.5) is 5.13 Å². The van der Waals surface area contributed by atoms with Gasteiger partial charge in [0.05, 0.1) is 10.6 Å². The highest BCUT2D eigenvalue weighted by molar-refractivity contribution is 7.16. The minimum absolute atomic E-state index is 0.0282. The summed E-state index contributed by atoms with van der Waals surface area (Å²) in [6.07, 6.45) is 0. The molecule has 1 N–H and O–H groups in total. The van der Waals surface area contributed by atoms with Gasteiger partial charge in [-0.25, -0.2) is 4.98 Å². The Morgan fingerprint density at radius 1 is 1.17 bits per heavy atom. The smallest absolute Gasteiger partial charge is 0.264 e. The average Bonchev–Trinajstić information content (AvgIpc) is 3.17. The molecule has 0 spiro atoms. The van der Waals surface area contributed by atoms with Crippen LogP contribution in [0.1, 0.15) is 11.1 Å². The van der Waals surface area contributed by atoms with Crippen LogP contribution < -0.4 is 10.1 Å². The van der Waals surface area contributed by atoms with Crippen molar-refractivity contribution in [2.45, 2.75) is 13.8 Å². The van der Waals surface area contributed by atoms with Crippen LogP contribution in [-0.4, -0.2) is 17.5 Å². The first-order valence-electron chi connectivity index (χ1n) is 7.12. The zero-order valence-corrected chi connectivity index (χ0v) is 14.5. The lowest BCUT2D eigenvalue weighted by atomic mass is 10.1. The molecule has 1 amide bonds. The van der Waals surface area contributed by atoms with Crippen molar-refractivity contribution >= 4 is 33.7 Å². The van der Waals surface area contributed by atoms with Gasteiger partial charge in [-0.3, -0.25) is 10.1 Å². The van der Waals surface area contributed by atoms with E-state index in [-0.39, 0.29) is 12.5 Å². The maximum atomic E-state index is 12.0. The third kappa shape index (κ3) is 3.78. The molecule has 0 unspecified atom stereocenters. The monoisotopic (exact) mass is 344 g/mol. The van der Waals surface area contributed by atoms with Gasteiger partial charge in [0.1, 0.15) is 5.75 Å². The Morgan fingerprint density at radius 3 is 2.65 bits per heavy atom. The van der Waals surface area contributed by atoms with Gasteiger partial charge in [0, 0.05) is 5.38 Å². The fraction of sp³-hybridized carbons (Fsp3) is 0.176. The Labute approximate surface area is 142 Å². The topological polar surface area (TPSA) is 51.2 Å². The second kappa shape index (κ2) is 6.93. The molecule has 0 saturated carbocycles. The van der Waals surface area contributed by atoms with Gasteiger partial charge < -0.3 is 4.74 Å². The van der Waals surface area contributed by atoms with Gasteiger partial charge in [-0.1, -0.05) is 24.3 Å². The lowest BCUT2D eigenvalue weighted by Crippen LogP contribution is -2.20. The Morgan fingerprint density at radius 2 is 1.96 bits per heavy atom. The predicted octanol–water partition coefficient (Wildman–Crippen LogP) is 4.51. The number of hydrogen-bond acceptors (Lipinski definition) is 5. The maximum Gasteiger partial charge on any atom is 0.264 e. The molecule has 2 heterocycles. The number of thiazole rings is 1. The van der Waals surface area contributed by atoms with Gasteiger partial charge in [-0.05, 0) is 36.4 Å². The highest BCUT2D eigenvalue weighted by Crippen LogP contribution is 2.28. The lowest BCUT2D eigenvalue weighted by molar-refractivity contribution is -0.118. The summed E-state index contributed by atoms with van der Waals surface area (Å²) in [4.78, 5) is 17.6. The SMILES string of the molecule is Cc1cccc(C)c1OCC(=O)Nc1nc(-c2cccs2)cs1. The second-order valence-corrected chi connectivity index (χ2v) is 6.88. The third-order valence-electron chi connectivity index (χ3n) is 3.28. The van der Waals surface area contributed by atoms with E-state index in [0.29, 0.717) is 5.13 Å². The van der Waals surface area contributed by atoms with Gasteiger partial charge >= 0.3 is 0 Å². The molecule has 0 aliphatic rings. The maximum absolute atomic E-state index is 12.0. The number of carbonyl (C=O) groups is 1.